The van der Waals surface area contributed by atoms with Crippen LogP contribution in [0.1, 0.15) is 26.2 Å². The zero-order chi connectivity index (χ0) is 12.6. The molecule has 0 saturated carbocycles. The fourth-order valence-electron chi connectivity index (χ4n) is 1.10. The minimum absolute atomic E-state index is 0.175. The van der Waals surface area contributed by atoms with Gasteiger partial charge in [0, 0.05) is 0 Å². The third-order valence-corrected chi connectivity index (χ3v) is 2.15. The number of carbonyl (C=O) groups excluding carboxylic acids is 2. The second-order valence-corrected chi connectivity index (χ2v) is 3.53. The molecule has 0 aliphatic carbocycles. The Morgan fingerprint density at radius 2 is 2.12 bits per heavy atom. The zero-order valence-corrected chi connectivity index (χ0v) is 9.73. The summed E-state index contributed by atoms with van der Waals surface area (Å²) in [5.74, 6) is -1.14. The zero-order valence-electron chi connectivity index (χ0n) is 9.73. The lowest BCUT2D eigenvalue weighted by Gasteiger charge is -2.13. The molecule has 94 valence electrons. The maximum atomic E-state index is 11.4. The van der Waals surface area contributed by atoms with Crippen molar-refractivity contribution < 1.29 is 19.4 Å². The molecule has 16 heavy (non-hydrogen) atoms. The summed E-state index contributed by atoms with van der Waals surface area (Å²) in [7, 11) is 1.17. The molecule has 0 saturated heterocycles. The maximum absolute atomic E-state index is 11.4. The Hall–Kier alpha value is -1.14. The molecule has 0 aliphatic heterocycles. The Bertz CT molecular complexity index is 233. The molecule has 0 rings (SSSR count). The molecular weight excluding hydrogens is 212 g/mol. The van der Waals surface area contributed by atoms with Crippen molar-refractivity contribution in [2.75, 3.05) is 13.7 Å². The third-order valence-electron chi connectivity index (χ3n) is 2.15. The molecule has 0 heterocycles. The van der Waals surface area contributed by atoms with Crippen LogP contribution in [0, 0.1) is 0 Å². The third kappa shape index (κ3) is 5.67. The second-order valence-electron chi connectivity index (χ2n) is 3.53. The van der Waals surface area contributed by atoms with E-state index in [1.165, 1.54) is 7.11 Å². The van der Waals surface area contributed by atoms with E-state index in [1.807, 2.05) is 6.92 Å². The number of aliphatic hydroxyl groups excluding tert-OH is 1. The van der Waals surface area contributed by atoms with Crippen LogP contribution in [-0.4, -0.2) is 42.8 Å². The summed E-state index contributed by atoms with van der Waals surface area (Å²) in [4.78, 5) is 22.2. The largest absolute Gasteiger partial charge is 0.467 e. The van der Waals surface area contributed by atoms with Gasteiger partial charge < -0.3 is 20.9 Å². The Labute approximate surface area is 95.1 Å². The first-order chi connectivity index (χ1) is 7.52. The van der Waals surface area contributed by atoms with Gasteiger partial charge in [0.25, 0.3) is 0 Å². The number of carbonyl (C=O) groups is 2. The quantitative estimate of drug-likeness (QED) is 0.496. The summed E-state index contributed by atoms with van der Waals surface area (Å²) < 4.78 is 4.30. The highest BCUT2D eigenvalue weighted by molar-refractivity contribution is 5.82. The lowest BCUT2D eigenvalue weighted by Crippen LogP contribution is -2.45. The standard InChI is InChI=1S/C10H20N2O4/c1-3-4-5-7(11)9(14)12-6-8(13)10(15)16-2/h7-8,13H,3-6,11H2,1-2H3,(H,12,14)/t7-,8?/m0/s1. The van der Waals surface area contributed by atoms with Gasteiger partial charge in [-0.2, -0.15) is 0 Å². The lowest BCUT2D eigenvalue weighted by atomic mass is 10.1. The van der Waals surface area contributed by atoms with Crippen LogP contribution >= 0.6 is 0 Å². The number of amides is 1. The summed E-state index contributed by atoms with van der Waals surface area (Å²) in [6.45, 7) is 1.83. The van der Waals surface area contributed by atoms with Gasteiger partial charge in [-0.15, -0.1) is 0 Å². The van der Waals surface area contributed by atoms with Crippen LogP contribution in [0.25, 0.3) is 0 Å². The van der Waals surface area contributed by atoms with Crippen LogP contribution in [0.15, 0.2) is 0 Å². The highest BCUT2D eigenvalue weighted by Gasteiger charge is 2.18. The minimum Gasteiger partial charge on any atom is -0.467 e. The average molecular weight is 232 g/mol. The Balaban J connectivity index is 3.83. The maximum Gasteiger partial charge on any atom is 0.336 e. The van der Waals surface area contributed by atoms with Crippen LogP contribution in [0.2, 0.25) is 0 Å². The normalized spacial score (nSPS) is 14.0. The number of ether oxygens (including phenoxy) is 1. The van der Waals surface area contributed by atoms with Crippen molar-refractivity contribution in [3.63, 3.8) is 0 Å². The first-order valence-corrected chi connectivity index (χ1v) is 5.32. The van der Waals surface area contributed by atoms with Gasteiger partial charge in [-0.25, -0.2) is 4.79 Å². The van der Waals surface area contributed by atoms with Gasteiger partial charge in [0.15, 0.2) is 6.10 Å². The van der Waals surface area contributed by atoms with E-state index in [1.54, 1.807) is 0 Å². The first kappa shape index (κ1) is 14.9. The van der Waals surface area contributed by atoms with Crippen molar-refractivity contribution in [2.24, 2.45) is 5.73 Å². The number of nitrogens with one attached hydrogen (secondary N) is 1. The molecule has 0 fully saturated rings. The number of hydrogen-bond acceptors (Lipinski definition) is 5. The van der Waals surface area contributed by atoms with Gasteiger partial charge >= 0.3 is 5.97 Å². The van der Waals surface area contributed by atoms with Crippen molar-refractivity contribution >= 4 is 11.9 Å². The molecule has 1 amide bonds. The number of nitrogens with two attached hydrogens (primary N) is 1. The summed E-state index contributed by atoms with van der Waals surface area (Å²) >= 11 is 0. The molecule has 6 heteroatoms. The van der Waals surface area contributed by atoms with E-state index in [0.29, 0.717) is 6.42 Å². The van der Waals surface area contributed by atoms with Crippen LogP contribution in [0.5, 0.6) is 0 Å². The van der Waals surface area contributed by atoms with Gasteiger partial charge in [0.2, 0.25) is 5.91 Å². The topological polar surface area (TPSA) is 102 Å². The second kappa shape index (κ2) is 8.06. The molecule has 0 aromatic carbocycles. The fraction of sp³-hybridized carbons (Fsp3) is 0.800. The molecular formula is C10H20N2O4. The molecule has 0 aromatic heterocycles. The average Bonchev–Trinajstić information content (AvgIpc) is 2.31. The summed E-state index contributed by atoms with van der Waals surface area (Å²) in [5, 5.41) is 11.6. The van der Waals surface area contributed by atoms with Crippen LogP contribution in [-0.2, 0) is 14.3 Å². The summed E-state index contributed by atoms with van der Waals surface area (Å²) in [6, 6.07) is -0.593. The van der Waals surface area contributed by atoms with E-state index in [0.717, 1.165) is 12.8 Å². The predicted octanol–water partition coefficient (Wildman–Crippen LogP) is -0.846. The van der Waals surface area contributed by atoms with Crippen LogP contribution in [0.4, 0.5) is 0 Å². The van der Waals surface area contributed by atoms with Crippen molar-refractivity contribution in [2.45, 2.75) is 38.3 Å². The number of unbranched alkanes of at least 4 members (excludes halogenated alkanes) is 1. The SMILES string of the molecule is CCCC[C@H](N)C(=O)NCC(O)C(=O)OC. The van der Waals surface area contributed by atoms with Gasteiger partial charge in [-0.3, -0.25) is 4.79 Å². The van der Waals surface area contributed by atoms with Gasteiger partial charge in [0.1, 0.15) is 0 Å². The number of rotatable bonds is 7. The van der Waals surface area contributed by atoms with Crippen molar-refractivity contribution in [1.82, 2.24) is 5.32 Å². The summed E-state index contributed by atoms with van der Waals surface area (Å²) in [6.07, 6.45) is 1.09. The first-order valence-electron chi connectivity index (χ1n) is 5.32. The molecule has 6 nitrogen and oxygen atoms in total. The highest BCUT2D eigenvalue weighted by Crippen LogP contribution is 1.98. The van der Waals surface area contributed by atoms with Gasteiger partial charge in [-0.05, 0) is 6.42 Å². The Kier molecular flexibility index (Phi) is 7.49. The van der Waals surface area contributed by atoms with Crippen molar-refractivity contribution in [3.05, 3.63) is 0 Å². The molecule has 0 radical (unpaired) electrons. The molecule has 0 aromatic rings. The minimum atomic E-state index is -1.34. The molecule has 2 atom stereocenters. The van der Waals surface area contributed by atoms with Gasteiger partial charge in [0.05, 0.1) is 19.7 Å². The highest BCUT2D eigenvalue weighted by atomic mass is 16.5. The molecule has 0 bridgehead atoms. The van der Waals surface area contributed by atoms with Crippen molar-refractivity contribution in [3.8, 4) is 0 Å². The number of aliphatic hydroxyl groups is 1. The smallest absolute Gasteiger partial charge is 0.336 e. The van der Waals surface area contributed by atoms with E-state index in [-0.39, 0.29) is 12.5 Å². The summed E-state index contributed by atoms with van der Waals surface area (Å²) in [5.41, 5.74) is 5.59. The molecule has 0 aliphatic rings. The van der Waals surface area contributed by atoms with E-state index < -0.39 is 18.1 Å². The monoisotopic (exact) mass is 232 g/mol. The number of methoxy groups -OCH3 is 1. The van der Waals surface area contributed by atoms with Gasteiger partial charge in [-0.1, -0.05) is 19.8 Å². The van der Waals surface area contributed by atoms with Crippen LogP contribution < -0.4 is 11.1 Å². The van der Waals surface area contributed by atoms with Crippen LogP contribution in [0.3, 0.4) is 0 Å². The number of esters is 1. The van der Waals surface area contributed by atoms with Crippen molar-refractivity contribution in [1.29, 1.82) is 0 Å². The lowest BCUT2D eigenvalue weighted by molar-refractivity contribution is -0.150. The molecule has 1 unspecified atom stereocenters. The van der Waals surface area contributed by atoms with E-state index in [9.17, 15) is 14.7 Å². The molecule has 0 spiro atoms. The fourth-order valence-corrected chi connectivity index (χ4v) is 1.10. The number of hydrogen-bond donors (Lipinski definition) is 3. The van der Waals surface area contributed by atoms with E-state index in [2.05, 4.69) is 10.1 Å². The van der Waals surface area contributed by atoms with E-state index in [4.69, 9.17) is 5.73 Å². The Morgan fingerprint density at radius 1 is 1.50 bits per heavy atom. The molecule has 4 N–H and O–H groups in total. The Morgan fingerprint density at radius 3 is 2.62 bits per heavy atom. The van der Waals surface area contributed by atoms with E-state index >= 15 is 0 Å². The predicted molar refractivity (Wildman–Crippen MR) is 58.5 cm³/mol.